The highest BCUT2D eigenvalue weighted by molar-refractivity contribution is 4.97. The Labute approximate surface area is 67.7 Å². The van der Waals surface area contributed by atoms with E-state index in [1.165, 1.54) is 0 Å². The average Bonchev–Trinajstić information content (AvgIpc) is 1.99. The molecule has 3 nitrogen and oxygen atoms in total. The van der Waals surface area contributed by atoms with Gasteiger partial charge in [-0.05, 0) is 34.1 Å². The maximum absolute atomic E-state index is 8.80. The molecule has 0 bridgehead atoms. The third kappa shape index (κ3) is 1.72. The molecule has 0 aliphatic carbocycles. The van der Waals surface area contributed by atoms with Crippen LogP contribution >= 0.6 is 0 Å². The number of hydrogen-bond acceptors (Lipinski definition) is 3. The summed E-state index contributed by atoms with van der Waals surface area (Å²) in [6.07, 6.45) is 0.844. The topological polar surface area (TPSA) is 41.5 Å². The van der Waals surface area contributed by atoms with E-state index in [2.05, 4.69) is 5.48 Å². The van der Waals surface area contributed by atoms with Crippen molar-refractivity contribution in [3.63, 3.8) is 0 Å². The molecule has 0 aromatic rings. The first-order valence-electron chi connectivity index (χ1n) is 3.97. The zero-order valence-electron chi connectivity index (χ0n) is 7.64. The molecular formula is C8H17NO2. The quantitative estimate of drug-likeness (QED) is 0.567. The molecule has 1 aliphatic rings. The van der Waals surface area contributed by atoms with Gasteiger partial charge in [-0.2, -0.15) is 5.48 Å². The molecule has 0 radical (unpaired) electrons. The predicted octanol–water partition coefficient (Wildman–Crippen LogP) is 1.31. The van der Waals surface area contributed by atoms with E-state index in [0.29, 0.717) is 0 Å². The van der Waals surface area contributed by atoms with Gasteiger partial charge in [0.2, 0.25) is 0 Å². The van der Waals surface area contributed by atoms with Gasteiger partial charge in [0.05, 0.1) is 17.2 Å². The van der Waals surface area contributed by atoms with Gasteiger partial charge in [0.1, 0.15) is 0 Å². The normalized spacial score (nSPS) is 34.1. The molecule has 1 aliphatic heterocycles. The van der Waals surface area contributed by atoms with E-state index < -0.39 is 0 Å². The minimum atomic E-state index is -0.266. The standard InChI is InChI=1S/C8H17NO2/c1-7(2)5-6(9-10)8(3,4)11-7/h6,9-10H,5H2,1-4H3. The molecule has 1 fully saturated rings. The van der Waals surface area contributed by atoms with Crippen molar-refractivity contribution in [3.8, 4) is 0 Å². The summed E-state index contributed by atoms with van der Waals surface area (Å²) >= 11 is 0. The third-order valence-corrected chi connectivity index (χ3v) is 2.23. The Kier molecular flexibility index (Phi) is 1.99. The highest BCUT2D eigenvalue weighted by Gasteiger charge is 2.45. The van der Waals surface area contributed by atoms with Crippen LogP contribution in [0.2, 0.25) is 0 Å². The first kappa shape index (κ1) is 8.97. The third-order valence-electron chi connectivity index (χ3n) is 2.23. The Balaban J connectivity index is 2.71. The van der Waals surface area contributed by atoms with Gasteiger partial charge >= 0.3 is 0 Å². The highest BCUT2D eigenvalue weighted by Crippen LogP contribution is 2.36. The van der Waals surface area contributed by atoms with Crippen LogP contribution in [0.25, 0.3) is 0 Å². The van der Waals surface area contributed by atoms with E-state index in [1.54, 1.807) is 0 Å². The van der Waals surface area contributed by atoms with E-state index in [4.69, 9.17) is 9.94 Å². The summed E-state index contributed by atoms with van der Waals surface area (Å²) in [6.45, 7) is 8.03. The van der Waals surface area contributed by atoms with Crippen LogP contribution < -0.4 is 5.48 Å². The summed E-state index contributed by atoms with van der Waals surface area (Å²) in [5, 5.41) is 8.80. The molecule has 1 rings (SSSR count). The van der Waals surface area contributed by atoms with Crippen LogP contribution in [0.5, 0.6) is 0 Å². The Morgan fingerprint density at radius 1 is 1.36 bits per heavy atom. The Morgan fingerprint density at radius 2 is 1.91 bits per heavy atom. The summed E-state index contributed by atoms with van der Waals surface area (Å²) in [5.41, 5.74) is 1.90. The van der Waals surface area contributed by atoms with E-state index in [1.807, 2.05) is 27.7 Å². The molecule has 0 spiro atoms. The second-order valence-corrected chi connectivity index (χ2v) is 4.35. The van der Waals surface area contributed by atoms with Crippen molar-refractivity contribution in [2.45, 2.75) is 51.4 Å². The Bertz CT molecular complexity index is 154. The fraction of sp³-hybridized carbons (Fsp3) is 1.00. The molecular weight excluding hydrogens is 142 g/mol. The lowest BCUT2D eigenvalue weighted by molar-refractivity contribution is -0.0784. The SMILES string of the molecule is CC1(C)CC(NO)C(C)(C)O1. The van der Waals surface area contributed by atoms with E-state index in [9.17, 15) is 0 Å². The van der Waals surface area contributed by atoms with Crippen molar-refractivity contribution in [2.75, 3.05) is 0 Å². The fourth-order valence-electron chi connectivity index (χ4n) is 1.76. The summed E-state index contributed by atoms with van der Waals surface area (Å²) in [6, 6.07) is 0.0394. The van der Waals surface area contributed by atoms with Gasteiger partial charge in [-0.1, -0.05) is 0 Å². The first-order chi connectivity index (χ1) is 4.87. The number of ether oxygens (including phenoxy) is 1. The molecule has 0 aromatic carbocycles. The van der Waals surface area contributed by atoms with Gasteiger partial charge in [0.15, 0.2) is 0 Å². The zero-order chi connectivity index (χ0) is 8.70. The maximum Gasteiger partial charge on any atom is 0.0809 e. The lowest BCUT2D eigenvalue weighted by Crippen LogP contribution is -2.41. The first-order valence-corrected chi connectivity index (χ1v) is 3.97. The lowest BCUT2D eigenvalue weighted by Gasteiger charge is -2.26. The van der Waals surface area contributed by atoms with Gasteiger partial charge in [-0.3, -0.25) is 0 Å². The maximum atomic E-state index is 8.80. The summed E-state index contributed by atoms with van der Waals surface area (Å²) < 4.78 is 5.72. The number of hydroxylamine groups is 1. The number of rotatable bonds is 1. The molecule has 2 N–H and O–H groups in total. The number of nitrogens with one attached hydrogen (secondary N) is 1. The molecule has 1 saturated heterocycles. The van der Waals surface area contributed by atoms with Crippen molar-refractivity contribution in [1.29, 1.82) is 0 Å². The van der Waals surface area contributed by atoms with Crippen molar-refractivity contribution < 1.29 is 9.94 Å². The van der Waals surface area contributed by atoms with Crippen LogP contribution in [0, 0.1) is 0 Å². The molecule has 1 unspecified atom stereocenters. The van der Waals surface area contributed by atoms with Crippen LogP contribution in [0.3, 0.4) is 0 Å². The summed E-state index contributed by atoms with van der Waals surface area (Å²) in [7, 11) is 0. The molecule has 1 atom stereocenters. The van der Waals surface area contributed by atoms with Crippen molar-refractivity contribution in [3.05, 3.63) is 0 Å². The van der Waals surface area contributed by atoms with Gasteiger partial charge in [0, 0.05) is 0 Å². The molecule has 1 heterocycles. The minimum Gasteiger partial charge on any atom is -0.368 e. The largest absolute Gasteiger partial charge is 0.368 e. The van der Waals surface area contributed by atoms with Crippen LogP contribution in [-0.2, 0) is 4.74 Å². The van der Waals surface area contributed by atoms with Gasteiger partial charge < -0.3 is 9.94 Å². The van der Waals surface area contributed by atoms with Crippen LogP contribution in [0.4, 0.5) is 0 Å². The molecule has 66 valence electrons. The smallest absolute Gasteiger partial charge is 0.0809 e. The number of hydrogen-bond donors (Lipinski definition) is 2. The molecule has 11 heavy (non-hydrogen) atoms. The van der Waals surface area contributed by atoms with Crippen molar-refractivity contribution in [1.82, 2.24) is 5.48 Å². The average molecular weight is 159 g/mol. The van der Waals surface area contributed by atoms with Gasteiger partial charge in [-0.15, -0.1) is 0 Å². The van der Waals surface area contributed by atoms with Gasteiger partial charge in [-0.25, -0.2) is 0 Å². The van der Waals surface area contributed by atoms with Gasteiger partial charge in [0.25, 0.3) is 0 Å². The van der Waals surface area contributed by atoms with E-state index >= 15 is 0 Å². The highest BCUT2D eigenvalue weighted by atomic mass is 16.5. The van der Waals surface area contributed by atoms with E-state index in [-0.39, 0.29) is 17.2 Å². The van der Waals surface area contributed by atoms with Crippen LogP contribution in [0.15, 0.2) is 0 Å². The summed E-state index contributed by atoms with van der Waals surface area (Å²) in [5.74, 6) is 0. The molecule has 0 saturated carbocycles. The lowest BCUT2D eigenvalue weighted by atomic mass is 9.95. The summed E-state index contributed by atoms with van der Waals surface area (Å²) in [4.78, 5) is 0. The fourth-order valence-corrected chi connectivity index (χ4v) is 1.76. The predicted molar refractivity (Wildman–Crippen MR) is 42.6 cm³/mol. The molecule has 3 heteroatoms. The molecule has 0 amide bonds. The van der Waals surface area contributed by atoms with Crippen LogP contribution in [-0.4, -0.2) is 22.5 Å². The second-order valence-electron chi connectivity index (χ2n) is 4.35. The van der Waals surface area contributed by atoms with E-state index in [0.717, 1.165) is 6.42 Å². The van der Waals surface area contributed by atoms with Crippen molar-refractivity contribution in [2.24, 2.45) is 0 Å². The second kappa shape index (κ2) is 2.44. The zero-order valence-corrected chi connectivity index (χ0v) is 7.64. The van der Waals surface area contributed by atoms with Crippen molar-refractivity contribution >= 4 is 0 Å². The molecule has 0 aromatic heterocycles. The Morgan fingerprint density at radius 3 is 2.09 bits per heavy atom. The monoisotopic (exact) mass is 159 g/mol. The Hall–Kier alpha value is -0.120. The minimum absolute atomic E-state index is 0.0394. The van der Waals surface area contributed by atoms with Crippen LogP contribution in [0.1, 0.15) is 34.1 Å².